The number of carbonyl (C=O) groups excluding carboxylic acids is 1. The predicted octanol–water partition coefficient (Wildman–Crippen LogP) is 4.65. The minimum atomic E-state index is -0.358. The smallest absolute Gasteiger partial charge is 0.291 e. The third-order valence-corrected chi connectivity index (χ3v) is 7.85. The molecule has 0 aliphatic carbocycles. The number of benzene rings is 3. The van der Waals surface area contributed by atoms with Crippen molar-refractivity contribution in [3.05, 3.63) is 110 Å². The van der Waals surface area contributed by atoms with Gasteiger partial charge in [0.2, 0.25) is 10.8 Å². The summed E-state index contributed by atoms with van der Waals surface area (Å²) >= 11 is 1.18. The Hall–Kier alpha value is -4.56. The first-order valence-electron chi connectivity index (χ1n) is 11.9. The van der Waals surface area contributed by atoms with E-state index in [-0.39, 0.29) is 11.5 Å². The summed E-state index contributed by atoms with van der Waals surface area (Å²) < 4.78 is 7.60. The van der Waals surface area contributed by atoms with Crippen LogP contribution in [-0.2, 0) is 11.3 Å². The Kier molecular flexibility index (Phi) is 4.68. The van der Waals surface area contributed by atoms with Gasteiger partial charge in [0, 0.05) is 16.5 Å². The number of aromatic nitrogens is 3. The van der Waals surface area contributed by atoms with Crippen LogP contribution in [0, 0.1) is 13.8 Å². The van der Waals surface area contributed by atoms with Crippen LogP contribution >= 0.6 is 11.3 Å². The highest BCUT2D eigenvalue weighted by Crippen LogP contribution is 2.36. The third kappa shape index (κ3) is 3.26. The van der Waals surface area contributed by atoms with E-state index in [1.54, 1.807) is 4.90 Å². The standard InChI is InChI=1S/C29H20N4O3S/c1-16-11-13-18(14-12-16)15-32-21-9-5-3-8-20(21)23(27(32)34)25-28(35)33-29(37-25)30-26(31-33)24-17(2)19-7-4-6-10-22(19)36-24/h3-14H,15H2,1-2H3/b25-23-. The van der Waals surface area contributed by atoms with E-state index in [9.17, 15) is 9.59 Å². The third-order valence-electron chi connectivity index (χ3n) is 6.82. The van der Waals surface area contributed by atoms with E-state index in [2.05, 4.69) is 10.1 Å². The summed E-state index contributed by atoms with van der Waals surface area (Å²) in [6.45, 7) is 4.40. The number of fused-ring (bicyclic) bond motifs is 3. The fourth-order valence-electron chi connectivity index (χ4n) is 4.90. The molecule has 180 valence electrons. The average Bonchev–Trinajstić information content (AvgIpc) is 3.62. The maximum Gasteiger partial charge on any atom is 0.291 e. The SMILES string of the molecule is Cc1ccc(CN2C(=O)/C(=c3\sc4nc(-c5oc6ccccc6c5C)nn4c3=O)c3ccccc32)cc1. The Morgan fingerprint density at radius 2 is 1.68 bits per heavy atom. The number of rotatable bonds is 3. The molecule has 0 unspecified atom stereocenters. The number of carbonyl (C=O) groups is 1. The molecule has 4 heterocycles. The molecule has 37 heavy (non-hydrogen) atoms. The van der Waals surface area contributed by atoms with E-state index in [1.165, 1.54) is 15.9 Å². The number of anilines is 1. The topological polar surface area (TPSA) is 80.7 Å². The summed E-state index contributed by atoms with van der Waals surface area (Å²) in [5.74, 6) is 0.696. The highest BCUT2D eigenvalue weighted by atomic mass is 32.1. The second kappa shape index (κ2) is 7.97. The largest absolute Gasteiger partial charge is 0.452 e. The Bertz CT molecular complexity index is 1980. The molecular formula is C29H20N4O3S. The molecule has 0 radical (unpaired) electrons. The number of nitrogens with zero attached hydrogens (tertiary/aromatic N) is 4. The first-order valence-corrected chi connectivity index (χ1v) is 12.7. The van der Waals surface area contributed by atoms with Crippen molar-refractivity contribution >= 4 is 44.4 Å². The Labute approximate surface area is 214 Å². The van der Waals surface area contributed by atoms with Crippen LogP contribution in [0.5, 0.6) is 0 Å². The second-order valence-electron chi connectivity index (χ2n) is 9.19. The minimum absolute atomic E-state index is 0.197. The van der Waals surface area contributed by atoms with Crippen molar-refractivity contribution in [2.45, 2.75) is 20.4 Å². The van der Waals surface area contributed by atoms with Crippen LogP contribution in [0.1, 0.15) is 22.3 Å². The number of para-hydroxylation sites is 2. The maximum atomic E-state index is 13.7. The van der Waals surface area contributed by atoms with Crippen molar-refractivity contribution in [2.75, 3.05) is 4.90 Å². The highest BCUT2D eigenvalue weighted by Gasteiger charge is 2.34. The summed E-state index contributed by atoms with van der Waals surface area (Å²) in [6.07, 6.45) is 0. The quantitative estimate of drug-likeness (QED) is 0.351. The van der Waals surface area contributed by atoms with Gasteiger partial charge >= 0.3 is 0 Å². The molecule has 0 N–H and O–H groups in total. The maximum absolute atomic E-state index is 13.7. The molecule has 7 nitrogen and oxygen atoms in total. The van der Waals surface area contributed by atoms with Crippen molar-refractivity contribution in [3.8, 4) is 11.6 Å². The minimum Gasteiger partial charge on any atom is -0.452 e. The van der Waals surface area contributed by atoms with Crippen LogP contribution in [0.4, 0.5) is 5.69 Å². The van der Waals surface area contributed by atoms with Crippen LogP contribution in [0.25, 0.3) is 33.1 Å². The highest BCUT2D eigenvalue weighted by molar-refractivity contribution is 7.15. The molecule has 0 atom stereocenters. The zero-order valence-electron chi connectivity index (χ0n) is 20.1. The molecule has 0 saturated carbocycles. The Morgan fingerprint density at radius 3 is 2.46 bits per heavy atom. The van der Waals surface area contributed by atoms with Gasteiger partial charge in [0.1, 0.15) is 10.1 Å². The molecule has 0 bridgehead atoms. The van der Waals surface area contributed by atoms with Crippen molar-refractivity contribution in [1.29, 1.82) is 0 Å². The Balaban J connectivity index is 1.36. The first kappa shape index (κ1) is 21.7. The van der Waals surface area contributed by atoms with Gasteiger partial charge in [0.25, 0.3) is 11.5 Å². The lowest BCUT2D eigenvalue weighted by molar-refractivity contribution is -0.113. The molecule has 0 saturated heterocycles. The fraction of sp³-hybridized carbons (Fsp3) is 0.103. The molecule has 3 aromatic heterocycles. The summed E-state index contributed by atoms with van der Waals surface area (Å²) in [5, 5.41) is 5.46. The number of aryl methyl sites for hydroxylation is 2. The zero-order valence-corrected chi connectivity index (χ0v) is 20.9. The van der Waals surface area contributed by atoms with E-state index in [4.69, 9.17) is 4.42 Å². The normalized spacial score (nSPS) is 14.8. The lowest BCUT2D eigenvalue weighted by Crippen LogP contribution is -2.32. The first-order chi connectivity index (χ1) is 18.0. The van der Waals surface area contributed by atoms with Gasteiger partial charge in [0.15, 0.2) is 5.76 Å². The molecule has 3 aromatic carbocycles. The summed E-state index contributed by atoms with van der Waals surface area (Å²) in [6, 6.07) is 23.4. The summed E-state index contributed by atoms with van der Waals surface area (Å²) in [4.78, 5) is 34.0. The van der Waals surface area contributed by atoms with Gasteiger partial charge in [-0.15, -0.1) is 5.10 Å². The van der Waals surface area contributed by atoms with Gasteiger partial charge in [-0.2, -0.15) is 9.50 Å². The number of hydrogen-bond donors (Lipinski definition) is 0. The lowest BCUT2D eigenvalue weighted by atomic mass is 10.1. The fourth-order valence-corrected chi connectivity index (χ4v) is 5.90. The van der Waals surface area contributed by atoms with Crippen molar-refractivity contribution in [3.63, 3.8) is 0 Å². The molecule has 8 heteroatoms. The van der Waals surface area contributed by atoms with E-state index in [1.807, 2.05) is 86.6 Å². The van der Waals surface area contributed by atoms with Gasteiger partial charge in [0.05, 0.1) is 17.8 Å². The van der Waals surface area contributed by atoms with E-state index in [0.29, 0.717) is 33.2 Å². The molecule has 6 aromatic rings. The summed E-state index contributed by atoms with van der Waals surface area (Å²) in [7, 11) is 0. The molecule has 7 rings (SSSR count). The van der Waals surface area contributed by atoms with Crippen molar-refractivity contribution < 1.29 is 9.21 Å². The van der Waals surface area contributed by atoms with Gasteiger partial charge < -0.3 is 9.32 Å². The molecule has 1 aliphatic heterocycles. The van der Waals surface area contributed by atoms with Gasteiger partial charge in [-0.1, -0.05) is 77.6 Å². The molecule has 1 aliphatic rings. The monoisotopic (exact) mass is 504 g/mol. The predicted molar refractivity (Wildman–Crippen MR) is 144 cm³/mol. The molecule has 1 amide bonds. The van der Waals surface area contributed by atoms with E-state index in [0.717, 1.165) is 38.9 Å². The van der Waals surface area contributed by atoms with Gasteiger partial charge in [-0.25, -0.2) is 0 Å². The van der Waals surface area contributed by atoms with E-state index < -0.39 is 0 Å². The van der Waals surface area contributed by atoms with Gasteiger partial charge in [-0.05, 0) is 31.5 Å². The van der Waals surface area contributed by atoms with Crippen molar-refractivity contribution in [1.82, 2.24) is 14.6 Å². The molecule has 0 spiro atoms. The molecule has 0 fully saturated rings. The van der Waals surface area contributed by atoms with Crippen LogP contribution in [0.3, 0.4) is 0 Å². The zero-order chi connectivity index (χ0) is 25.3. The second-order valence-corrected chi connectivity index (χ2v) is 10.2. The van der Waals surface area contributed by atoms with Crippen LogP contribution in [0.15, 0.2) is 82.0 Å². The number of hydrogen-bond acceptors (Lipinski definition) is 6. The van der Waals surface area contributed by atoms with E-state index >= 15 is 0 Å². The van der Waals surface area contributed by atoms with Crippen LogP contribution in [-0.4, -0.2) is 20.5 Å². The van der Waals surface area contributed by atoms with Crippen molar-refractivity contribution in [2.24, 2.45) is 0 Å². The number of amides is 1. The van der Waals surface area contributed by atoms with Crippen LogP contribution < -0.4 is 15.0 Å². The lowest BCUT2D eigenvalue weighted by Gasteiger charge is -2.17. The number of furan rings is 1. The van der Waals surface area contributed by atoms with Crippen LogP contribution in [0.2, 0.25) is 0 Å². The average molecular weight is 505 g/mol. The summed E-state index contributed by atoms with van der Waals surface area (Å²) in [5.41, 5.74) is 5.41. The Morgan fingerprint density at radius 1 is 0.919 bits per heavy atom. The van der Waals surface area contributed by atoms with Gasteiger partial charge in [-0.3, -0.25) is 9.59 Å². The molecular weight excluding hydrogens is 484 g/mol. The number of thiazole rings is 1.